The number of methoxy groups -OCH3 is 1. The number of aromatic nitrogens is 1. The largest absolute Gasteiger partial charge is 0.619 e. The number of hydrogen-bond acceptors (Lipinski definition) is 3. The molecule has 4 nitrogen and oxygen atoms in total. The molecule has 0 fully saturated rings. The van der Waals surface area contributed by atoms with E-state index in [4.69, 9.17) is 0 Å². The molecule has 1 heterocycles. The van der Waals surface area contributed by atoms with E-state index >= 15 is 0 Å². The normalized spacial score (nSPS) is 9.79. The number of carbonyl (C=O) groups is 1. The van der Waals surface area contributed by atoms with E-state index in [9.17, 15) is 10.0 Å². The summed E-state index contributed by atoms with van der Waals surface area (Å²) >= 11 is 0. The Bertz CT molecular complexity index is 295. The molecule has 1 aromatic rings. The summed E-state index contributed by atoms with van der Waals surface area (Å²) in [6.07, 6.45) is 4.86. The maximum atomic E-state index is 10.8. The van der Waals surface area contributed by atoms with Gasteiger partial charge in [-0.05, 0) is 18.4 Å². The van der Waals surface area contributed by atoms with Crippen LogP contribution in [0.4, 0.5) is 0 Å². The van der Waals surface area contributed by atoms with Crippen LogP contribution in [0.3, 0.4) is 0 Å². The minimum absolute atomic E-state index is 0.195. The van der Waals surface area contributed by atoms with Crippen molar-refractivity contribution in [2.75, 3.05) is 7.11 Å². The Morgan fingerprint density at radius 1 is 1.50 bits per heavy atom. The van der Waals surface area contributed by atoms with Crippen LogP contribution in [-0.2, 0) is 16.0 Å². The van der Waals surface area contributed by atoms with Gasteiger partial charge >= 0.3 is 5.97 Å². The van der Waals surface area contributed by atoms with Gasteiger partial charge in [-0.25, -0.2) is 0 Å². The van der Waals surface area contributed by atoms with Gasteiger partial charge in [0.05, 0.1) is 7.11 Å². The molecule has 76 valence electrons. The summed E-state index contributed by atoms with van der Waals surface area (Å²) < 4.78 is 5.25. The average molecular weight is 195 g/mol. The van der Waals surface area contributed by atoms with Gasteiger partial charge in [0.25, 0.3) is 0 Å². The molecule has 1 aromatic heterocycles. The molecule has 0 aliphatic heterocycles. The van der Waals surface area contributed by atoms with Crippen molar-refractivity contribution >= 4 is 5.97 Å². The molecule has 0 aromatic carbocycles. The minimum Gasteiger partial charge on any atom is -0.619 e. The first-order chi connectivity index (χ1) is 6.72. The molecule has 14 heavy (non-hydrogen) atoms. The number of aryl methyl sites for hydroxylation is 1. The lowest BCUT2D eigenvalue weighted by atomic mass is 10.1. The Labute approximate surface area is 82.7 Å². The summed E-state index contributed by atoms with van der Waals surface area (Å²) in [5.41, 5.74) is 1.06. The lowest BCUT2D eigenvalue weighted by Crippen LogP contribution is -2.23. The Hall–Kier alpha value is -1.58. The topological polar surface area (TPSA) is 53.2 Å². The maximum Gasteiger partial charge on any atom is 0.305 e. The van der Waals surface area contributed by atoms with E-state index in [1.807, 2.05) is 0 Å². The molecule has 1 rings (SSSR count). The van der Waals surface area contributed by atoms with Gasteiger partial charge in [-0.15, -0.1) is 0 Å². The van der Waals surface area contributed by atoms with Crippen LogP contribution in [0.2, 0.25) is 0 Å². The Morgan fingerprint density at radius 2 is 2.14 bits per heavy atom. The summed E-state index contributed by atoms with van der Waals surface area (Å²) in [6, 6.07) is 3.51. The summed E-state index contributed by atoms with van der Waals surface area (Å²) in [6.45, 7) is 0. The molecule has 0 atom stereocenters. The maximum absolute atomic E-state index is 10.8. The molecule has 4 heteroatoms. The molecular formula is C10H13NO3. The number of ether oxygens (including phenoxy) is 1. The van der Waals surface area contributed by atoms with Gasteiger partial charge in [-0.2, -0.15) is 4.73 Å². The second-order valence-electron chi connectivity index (χ2n) is 3.00. The van der Waals surface area contributed by atoms with E-state index in [2.05, 4.69) is 4.74 Å². The quantitative estimate of drug-likeness (QED) is 0.406. The van der Waals surface area contributed by atoms with Gasteiger partial charge in [0.2, 0.25) is 0 Å². The average Bonchev–Trinajstić information content (AvgIpc) is 2.21. The van der Waals surface area contributed by atoms with Crippen LogP contribution in [0.5, 0.6) is 0 Å². The lowest BCUT2D eigenvalue weighted by molar-refractivity contribution is -0.605. The van der Waals surface area contributed by atoms with Gasteiger partial charge in [-0.1, -0.05) is 0 Å². The van der Waals surface area contributed by atoms with Crippen molar-refractivity contribution in [2.45, 2.75) is 19.3 Å². The van der Waals surface area contributed by atoms with Gasteiger partial charge in [0.15, 0.2) is 12.4 Å². The smallest absolute Gasteiger partial charge is 0.305 e. The van der Waals surface area contributed by atoms with Crippen LogP contribution in [0.1, 0.15) is 18.4 Å². The molecule has 0 aliphatic rings. The Morgan fingerprint density at radius 3 is 2.71 bits per heavy atom. The number of carbonyl (C=O) groups excluding carboxylic acids is 1. The van der Waals surface area contributed by atoms with Crippen molar-refractivity contribution in [2.24, 2.45) is 0 Å². The summed E-state index contributed by atoms with van der Waals surface area (Å²) in [5, 5.41) is 10.7. The highest BCUT2D eigenvalue weighted by atomic mass is 16.5. The zero-order valence-corrected chi connectivity index (χ0v) is 8.10. The van der Waals surface area contributed by atoms with Crippen LogP contribution in [0.25, 0.3) is 0 Å². The first-order valence-corrected chi connectivity index (χ1v) is 4.47. The molecule has 0 amide bonds. The lowest BCUT2D eigenvalue weighted by Gasteiger charge is -2.00. The van der Waals surface area contributed by atoms with Crippen molar-refractivity contribution in [3.05, 3.63) is 35.3 Å². The third kappa shape index (κ3) is 3.43. The first kappa shape index (κ1) is 10.5. The fraction of sp³-hybridized carbons (Fsp3) is 0.400. The molecule has 0 radical (unpaired) electrons. The van der Waals surface area contributed by atoms with Gasteiger partial charge in [0.1, 0.15) is 0 Å². The SMILES string of the molecule is COC(=O)CCCc1cc[n+]([O-])cc1. The van der Waals surface area contributed by atoms with Crippen molar-refractivity contribution < 1.29 is 14.3 Å². The predicted molar refractivity (Wildman–Crippen MR) is 50.4 cm³/mol. The van der Waals surface area contributed by atoms with E-state index < -0.39 is 0 Å². The zero-order chi connectivity index (χ0) is 10.4. The molecule has 0 bridgehead atoms. The second-order valence-corrected chi connectivity index (χ2v) is 3.00. The van der Waals surface area contributed by atoms with Crippen LogP contribution in [0, 0.1) is 5.21 Å². The first-order valence-electron chi connectivity index (χ1n) is 4.47. The molecule has 0 N–H and O–H groups in total. The monoisotopic (exact) mass is 195 g/mol. The molecule has 0 unspecified atom stereocenters. The third-order valence-corrected chi connectivity index (χ3v) is 1.95. The standard InChI is InChI=1S/C10H13NO3/c1-14-10(12)4-2-3-9-5-7-11(13)8-6-9/h5-8H,2-4H2,1H3. The van der Waals surface area contributed by atoms with Crippen LogP contribution in [-0.4, -0.2) is 13.1 Å². The number of nitrogens with zero attached hydrogens (tertiary/aromatic N) is 1. The van der Waals surface area contributed by atoms with Crippen LogP contribution >= 0.6 is 0 Å². The Kier molecular flexibility index (Phi) is 3.91. The predicted octanol–water partition coefficient (Wildman–Crippen LogP) is 0.816. The molecule has 0 saturated heterocycles. The van der Waals surface area contributed by atoms with Crippen LogP contribution < -0.4 is 4.73 Å². The molecule has 0 saturated carbocycles. The highest BCUT2D eigenvalue weighted by molar-refractivity contribution is 5.69. The molecular weight excluding hydrogens is 182 g/mol. The number of hydrogen-bond donors (Lipinski definition) is 0. The zero-order valence-electron chi connectivity index (χ0n) is 8.10. The number of pyridine rings is 1. The van der Waals surface area contributed by atoms with E-state index in [0.29, 0.717) is 6.42 Å². The number of rotatable bonds is 4. The third-order valence-electron chi connectivity index (χ3n) is 1.95. The van der Waals surface area contributed by atoms with Gasteiger partial charge in [0, 0.05) is 18.6 Å². The van der Waals surface area contributed by atoms with E-state index in [-0.39, 0.29) is 5.97 Å². The second kappa shape index (κ2) is 5.21. The van der Waals surface area contributed by atoms with Crippen molar-refractivity contribution in [3.8, 4) is 0 Å². The van der Waals surface area contributed by atoms with E-state index in [1.165, 1.54) is 19.5 Å². The summed E-state index contributed by atoms with van der Waals surface area (Å²) in [7, 11) is 1.38. The minimum atomic E-state index is -0.195. The highest BCUT2D eigenvalue weighted by Crippen LogP contribution is 2.03. The molecule has 0 spiro atoms. The number of esters is 1. The van der Waals surface area contributed by atoms with Crippen molar-refractivity contribution in [1.29, 1.82) is 0 Å². The fourth-order valence-corrected chi connectivity index (χ4v) is 1.15. The van der Waals surface area contributed by atoms with E-state index in [0.717, 1.165) is 23.1 Å². The van der Waals surface area contributed by atoms with Crippen molar-refractivity contribution in [1.82, 2.24) is 0 Å². The summed E-state index contributed by atoms with van der Waals surface area (Å²) in [4.78, 5) is 10.8. The Balaban J connectivity index is 2.31. The van der Waals surface area contributed by atoms with Crippen LogP contribution in [0.15, 0.2) is 24.5 Å². The van der Waals surface area contributed by atoms with Gasteiger partial charge in [-0.3, -0.25) is 4.79 Å². The van der Waals surface area contributed by atoms with Gasteiger partial charge < -0.3 is 9.94 Å². The summed E-state index contributed by atoms with van der Waals surface area (Å²) in [5.74, 6) is -0.195. The highest BCUT2D eigenvalue weighted by Gasteiger charge is 2.00. The fourth-order valence-electron chi connectivity index (χ4n) is 1.15. The van der Waals surface area contributed by atoms with E-state index in [1.54, 1.807) is 12.1 Å². The van der Waals surface area contributed by atoms with Crippen molar-refractivity contribution in [3.63, 3.8) is 0 Å². The molecule has 0 aliphatic carbocycles.